The van der Waals surface area contributed by atoms with Crippen LogP contribution in [0.25, 0.3) is 28.0 Å². The van der Waals surface area contributed by atoms with E-state index in [2.05, 4.69) is 51.6 Å². The molecule has 2 aromatic carbocycles. The number of hydrogen-bond acceptors (Lipinski definition) is 5. The Morgan fingerprint density at radius 3 is 2.40 bits per heavy atom. The highest BCUT2D eigenvalue weighted by Crippen LogP contribution is 2.27. The van der Waals surface area contributed by atoms with Crippen LogP contribution < -0.4 is 10.6 Å². The molecular weight excluding hydrogens is 440 g/mol. The van der Waals surface area contributed by atoms with Gasteiger partial charge < -0.3 is 0 Å². The first-order valence-corrected chi connectivity index (χ1v) is 11.3. The van der Waals surface area contributed by atoms with E-state index in [9.17, 15) is 4.79 Å². The summed E-state index contributed by atoms with van der Waals surface area (Å²) >= 11 is 0. The van der Waals surface area contributed by atoms with Gasteiger partial charge in [-0.2, -0.15) is 10.2 Å². The van der Waals surface area contributed by atoms with Crippen molar-refractivity contribution in [1.82, 2.24) is 29.9 Å². The first kappa shape index (κ1) is 22.3. The molecular formula is C26H26N8O. The van der Waals surface area contributed by atoms with Crippen LogP contribution in [0.2, 0.25) is 0 Å². The Hall–Kier alpha value is -4.53. The van der Waals surface area contributed by atoms with Crippen LogP contribution in [0, 0.1) is 6.92 Å². The van der Waals surface area contributed by atoms with Gasteiger partial charge in [-0.05, 0) is 31.2 Å². The number of H-pyrrole nitrogens is 1. The van der Waals surface area contributed by atoms with Crippen molar-refractivity contribution in [3.05, 3.63) is 78.2 Å². The van der Waals surface area contributed by atoms with Crippen LogP contribution in [0.3, 0.4) is 0 Å². The molecule has 2 amide bonds. The summed E-state index contributed by atoms with van der Waals surface area (Å²) in [5.74, 6) is 0.967. The fourth-order valence-electron chi connectivity index (χ4n) is 3.65. The Morgan fingerprint density at radius 1 is 0.914 bits per heavy atom. The van der Waals surface area contributed by atoms with Crippen molar-refractivity contribution in [1.29, 1.82) is 0 Å². The molecule has 0 radical (unpaired) electrons. The SMILES string of the molecule is Cc1ccc(-n2nc(C(C)(C)C)cc2NC(=O)Nc2cc(-c3ccc4nccnc4c3)[nH]n2)cc1. The topological polar surface area (TPSA) is 113 Å². The van der Waals surface area contributed by atoms with E-state index < -0.39 is 6.03 Å². The first-order valence-electron chi connectivity index (χ1n) is 11.3. The quantitative estimate of drug-likeness (QED) is 0.326. The van der Waals surface area contributed by atoms with Crippen molar-refractivity contribution in [2.45, 2.75) is 33.1 Å². The number of rotatable bonds is 4. The maximum Gasteiger partial charge on any atom is 0.326 e. The highest BCUT2D eigenvalue weighted by atomic mass is 16.2. The summed E-state index contributed by atoms with van der Waals surface area (Å²) in [7, 11) is 0. The molecule has 3 aromatic heterocycles. The summed E-state index contributed by atoms with van der Waals surface area (Å²) in [6, 6.07) is 17.0. The van der Waals surface area contributed by atoms with E-state index in [1.54, 1.807) is 23.1 Å². The zero-order chi connectivity index (χ0) is 24.6. The fraction of sp³-hybridized carbons (Fsp3) is 0.192. The van der Waals surface area contributed by atoms with Crippen LogP contribution in [0.5, 0.6) is 0 Å². The molecule has 0 bridgehead atoms. The minimum absolute atomic E-state index is 0.176. The molecule has 3 heterocycles. The molecule has 9 heteroatoms. The predicted molar refractivity (Wildman–Crippen MR) is 137 cm³/mol. The molecule has 0 spiro atoms. The van der Waals surface area contributed by atoms with Crippen molar-refractivity contribution in [2.75, 3.05) is 10.6 Å². The Bertz CT molecular complexity index is 1510. The standard InChI is InChI=1S/C26H26N8O/c1-16-5-8-18(9-6-16)34-24(15-22(33-34)26(2,3)4)30-25(35)29-23-14-20(31-32-23)17-7-10-19-21(13-17)28-12-11-27-19/h5-15H,1-4H3,(H3,29,30,31,32,35). The normalized spacial score (nSPS) is 11.5. The van der Waals surface area contributed by atoms with Gasteiger partial charge in [-0.15, -0.1) is 0 Å². The zero-order valence-corrected chi connectivity index (χ0v) is 20.0. The average molecular weight is 467 g/mol. The maximum atomic E-state index is 12.9. The smallest absolute Gasteiger partial charge is 0.292 e. The summed E-state index contributed by atoms with van der Waals surface area (Å²) < 4.78 is 1.74. The predicted octanol–water partition coefficient (Wildman–Crippen LogP) is 5.46. The number of carbonyl (C=O) groups excluding carboxylic acids is 1. The Labute approximate surface area is 202 Å². The number of fused-ring (bicyclic) bond motifs is 1. The molecule has 0 saturated carbocycles. The van der Waals surface area contributed by atoms with E-state index in [4.69, 9.17) is 5.10 Å². The van der Waals surface area contributed by atoms with E-state index >= 15 is 0 Å². The number of nitrogens with one attached hydrogen (secondary N) is 3. The molecule has 5 aromatic rings. The molecule has 9 nitrogen and oxygen atoms in total. The number of aromatic amines is 1. The van der Waals surface area contributed by atoms with Gasteiger partial charge in [0, 0.05) is 35.5 Å². The van der Waals surface area contributed by atoms with Gasteiger partial charge in [0.15, 0.2) is 5.82 Å². The number of aromatic nitrogens is 6. The number of benzene rings is 2. The molecule has 35 heavy (non-hydrogen) atoms. The van der Waals surface area contributed by atoms with Gasteiger partial charge in [0.1, 0.15) is 5.82 Å². The van der Waals surface area contributed by atoms with Gasteiger partial charge in [0.05, 0.1) is 28.1 Å². The lowest BCUT2D eigenvalue weighted by molar-refractivity contribution is 0.262. The Morgan fingerprint density at radius 2 is 1.66 bits per heavy atom. The number of hydrogen-bond donors (Lipinski definition) is 3. The summed E-state index contributed by atoms with van der Waals surface area (Å²) in [6.07, 6.45) is 3.32. The van der Waals surface area contributed by atoms with Gasteiger partial charge in [-0.25, -0.2) is 9.48 Å². The van der Waals surface area contributed by atoms with Gasteiger partial charge in [0.2, 0.25) is 0 Å². The fourth-order valence-corrected chi connectivity index (χ4v) is 3.65. The number of urea groups is 1. The minimum atomic E-state index is -0.416. The number of aryl methyl sites for hydroxylation is 1. The van der Waals surface area contributed by atoms with E-state index in [1.165, 1.54) is 0 Å². The third-order valence-corrected chi connectivity index (χ3v) is 5.60. The van der Waals surface area contributed by atoms with Gasteiger partial charge >= 0.3 is 6.03 Å². The first-order chi connectivity index (χ1) is 16.8. The second-order valence-corrected chi connectivity index (χ2v) is 9.42. The summed E-state index contributed by atoms with van der Waals surface area (Å²) in [4.78, 5) is 21.5. The average Bonchev–Trinajstić information content (AvgIpc) is 3.47. The van der Waals surface area contributed by atoms with Crippen LogP contribution in [-0.4, -0.2) is 36.0 Å². The van der Waals surface area contributed by atoms with E-state index in [-0.39, 0.29) is 5.41 Å². The molecule has 0 atom stereocenters. The molecule has 0 aliphatic rings. The van der Waals surface area contributed by atoms with Crippen molar-refractivity contribution in [2.24, 2.45) is 0 Å². The van der Waals surface area contributed by atoms with E-state index in [1.807, 2.05) is 55.5 Å². The largest absolute Gasteiger partial charge is 0.326 e. The molecule has 3 N–H and O–H groups in total. The minimum Gasteiger partial charge on any atom is -0.292 e. The highest BCUT2D eigenvalue weighted by Gasteiger charge is 2.22. The molecule has 5 rings (SSSR count). The Balaban J connectivity index is 1.36. The van der Waals surface area contributed by atoms with Crippen LogP contribution in [-0.2, 0) is 5.41 Å². The Kier molecular flexibility index (Phi) is 5.52. The second-order valence-electron chi connectivity index (χ2n) is 9.42. The molecule has 0 unspecified atom stereocenters. The van der Waals surface area contributed by atoms with Gasteiger partial charge in [-0.3, -0.25) is 25.7 Å². The number of carbonyl (C=O) groups is 1. The third-order valence-electron chi connectivity index (χ3n) is 5.60. The van der Waals surface area contributed by atoms with Crippen LogP contribution in [0.15, 0.2) is 67.0 Å². The van der Waals surface area contributed by atoms with Crippen LogP contribution in [0.4, 0.5) is 16.4 Å². The number of anilines is 2. The molecule has 176 valence electrons. The molecule has 0 aliphatic heterocycles. The van der Waals surface area contributed by atoms with Crippen molar-refractivity contribution < 1.29 is 4.79 Å². The van der Waals surface area contributed by atoms with Crippen molar-refractivity contribution >= 4 is 28.7 Å². The van der Waals surface area contributed by atoms with Crippen molar-refractivity contribution in [3.8, 4) is 16.9 Å². The lowest BCUT2D eigenvalue weighted by Gasteiger charge is -2.14. The monoisotopic (exact) mass is 466 g/mol. The van der Waals surface area contributed by atoms with Gasteiger partial charge in [-0.1, -0.05) is 44.5 Å². The maximum absolute atomic E-state index is 12.9. The number of amides is 2. The summed E-state index contributed by atoms with van der Waals surface area (Å²) in [5, 5.41) is 17.7. The lowest BCUT2D eigenvalue weighted by Crippen LogP contribution is -2.21. The van der Waals surface area contributed by atoms with Gasteiger partial charge in [0.25, 0.3) is 0 Å². The van der Waals surface area contributed by atoms with E-state index in [0.717, 1.165) is 39.2 Å². The van der Waals surface area contributed by atoms with E-state index in [0.29, 0.717) is 11.6 Å². The summed E-state index contributed by atoms with van der Waals surface area (Å²) in [6.45, 7) is 8.29. The molecule has 0 saturated heterocycles. The molecule has 0 aliphatic carbocycles. The van der Waals surface area contributed by atoms with Crippen LogP contribution in [0.1, 0.15) is 32.0 Å². The highest BCUT2D eigenvalue weighted by molar-refractivity contribution is 5.99. The molecule has 0 fully saturated rings. The third kappa shape index (κ3) is 4.74. The summed E-state index contributed by atoms with van der Waals surface area (Å²) in [5.41, 5.74) is 5.96. The lowest BCUT2D eigenvalue weighted by atomic mass is 9.92. The number of nitrogens with zero attached hydrogens (tertiary/aromatic N) is 5. The zero-order valence-electron chi connectivity index (χ0n) is 20.0. The van der Waals surface area contributed by atoms with Crippen molar-refractivity contribution in [3.63, 3.8) is 0 Å². The second kappa shape index (κ2) is 8.68. The van der Waals surface area contributed by atoms with Crippen LogP contribution >= 0.6 is 0 Å².